The normalized spacial score (nSPS) is 13.3. The Labute approximate surface area is 110 Å². The number of esters is 1. The Morgan fingerprint density at radius 3 is 2.84 bits per heavy atom. The van der Waals surface area contributed by atoms with Crippen molar-refractivity contribution in [2.24, 2.45) is 0 Å². The van der Waals surface area contributed by atoms with Gasteiger partial charge in [-0.3, -0.25) is 4.79 Å². The molecule has 19 heavy (non-hydrogen) atoms. The molecule has 0 atom stereocenters. The lowest BCUT2D eigenvalue weighted by atomic mass is 10.2. The first kappa shape index (κ1) is 13.6. The van der Waals surface area contributed by atoms with E-state index in [2.05, 4.69) is 9.46 Å². The van der Waals surface area contributed by atoms with Crippen LogP contribution in [0.4, 0.5) is 0 Å². The molecule has 0 saturated heterocycles. The van der Waals surface area contributed by atoms with Crippen molar-refractivity contribution in [1.29, 1.82) is 0 Å². The average molecular weight is 287 g/mol. The molecule has 0 aromatic heterocycles. The molecule has 1 aliphatic heterocycles. The quantitative estimate of drug-likeness (QED) is 0.767. The summed E-state index contributed by atoms with van der Waals surface area (Å²) >= 11 is 0. The van der Waals surface area contributed by atoms with E-state index in [1.165, 1.54) is 7.11 Å². The molecule has 8 heteroatoms. The molecule has 0 radical (unpaired) electrons. The number of carbonyl (C=O) groups excluding carboxylic acids is 1. The van der Waals surface area contributed by atoms with E-state index in [1.807, 2.05) is 0 Å². The maximum atomic E-state index is 11.7. The first-order chi connectivity index (χ1) is 9.00. The predicted molar refractivity (Wildman–Crippen MR) is 65.2 cm³/mol. The van der Waals surface area contributed by atoms with Gasteiger partial charge in [0.05, 0.1) is 12.9 Å². The van der Waals surface area contributed by atoms with Crippen LogP contribution in [0.5, 0.6) is 11.5 Å². The first-order valence-electron chi connectivity index (χ1n) is 5.43. The van der Waals surface area contributed by atoms with Crippen LogP contribution < -0.4 is 14.2 Å². The van der Waals surface area contributed by atoms with Crippen molar-refractivity contribution in [3.05, 3.63) is 23.8 Å². The minimum Gasteiger partial charge on any atom is -0.468 e. The lowest BCUT2D eigenvalue weighted by molar-refractivity contribution is -0.139. The summed E-state index contributed by atoms with van der Waals surface area (Å²) in [7, 11) is -2.42. The second kappa shape index (κ2) is 5.45. The van der Waals surface area contributed by atoms with E-state index in [-0.39, 0.29) is 19.1 Å². The highest BCUT2D eigenvalue weighted by Crippen LogP contribution is 2.32. The Hall–Kier alpha value is -1.80. The van der Waals surface area contributed by atoms with Gasteiger partial charge in [-0.2, -0.15) is 0 Å². The van der Waals surface area contributed by atoms with E-state index in [4.69, 9.17) is 9.47 Å². The van der Waals surface area contributed by atoms with Gasteiger partial charge in [0, 0.05) is 0 Å². The molecular formula is C11H13NO6S. The van der Waals surface area contributed by atoms with Crippen LogP contribution in [0.1, 0.15) is 5.56 Å². The highest BCUT2D eigenvalue weighted by Gasteiger charge is 2.17. The zero-order valence-corrected chi connectivity index (χ0v) is 11.0. The number of hydrogen-bond acceptors (Lipinski definition) is 6. The van der Waals surface area contributed by atoms with Gasteiger partial charge >= 0.3 is 5.97 Å². The molecule has 1 N–H and O–H groups in total. The molecule has 2 rings (SSSR count). The maximum absolute atomic E-state index is 11.7. The first-order valence-corrected chi connectivity index (χ1v) is 7.08. The van der Waals surface area contributed by atoms with Crippen LogP contribution in [0, 0.1) is 0 Å². The van der Waals surface area contributed by atoms with Gasteiger partial charge in [-0.1, -0.05) is 6.07 Å². The summed E-state index contributed by atoms with van der Waals surface area (Å²) < 4.78 is 40.3. The van der Waals surface area contributed by atoms with E-state index in [0.29, 0.717) is 17.1 Å². The third-order valence-electron chi connectivity index (χ3n) is 2.46. The Morgan fingerprint density at radius 2 is 2.11 bits per heavy atom. The van der Waals surface area contributed by atoms with Crippen molar-refractivity contribution in [2.45, 2.75) is 5.75 Å². The molecule has 0 spiro atoms. The van der Waals surface area contributed by atoms with Gasteiger partial charge in [-0.05, 0) is 17.7 Å². The van der Waals surface area contributed by atoms with Gasteiger partial charge in [-0.25, -0.2) is 13.1 Å². The van der Waals surface area contributed by atoms with E-state index in [0.717, 1.165) is 0 Å². The fourth-order valence-corrected chi connectivity index (χ4v) is 2.60. The fourth-order valence-electron chi connectivity index (χ4n) is 1.54. The summed E-state index contributed by atoms with van der Waals surface area (Å²) in [5.74, 6) is 0.208. The maximum Gasteiger partial charge on any atom is 0.320 e. The molecule has 0 aliphatic carbocycles. The topological polar surface area (TPSA) is 90.9 Å². The lowest BCUT2D eigenvalue weighted by Crippen LogP contribution is -2.31. The Morgan fingerprint density at radius 1 is 1.37 bits per heavy atom. The molecule has 0 bridgehead atoms. The van der Waals surface area contributed by atoms with Crippen LogP contribution in [0.15, 0.2) is 18.2 Å². The van der Waals surface area contributed by atoms with Crippen LogP contribution in [0.3, 0.4) is 0 Å². The number of sulfonamides is 1. The monoisotopic (exact) mass is 287 g/mol. The van der Waals surface area contributed by atoms with Crippen molar-refractivity contribution in [2.75, 3.05) is 20.4 Å². The number of fused-ring (bicyclic) bond motifs is 1. The molecule has 0 saturated carbocycles. The zero-order chi connectivity index (χ0) is 13.9. The molecule has 0 fully saturated rings. The van der Waals surface area contributed by atoms with Gasteiger partial charge in [0.25, 0.3) is 0 Å². The second-order valence-electron chi connectivity index (χ2n) is 3.84. The Balaban J connectivity index is 2.02. The smallest absolute Gasteiger partial charge is 0.320 e. The lowest BCUT2D eigenvalue weighted by Gasteiger charge is -2.06. The number of rotatable bonds is 5. The van der Waals surface area contributed by atoms with E-state index >= 15 is 0 Å². The molecular weight excluding hydrogens is 274 g/mol. The summed E-state index contributed by atoms with van der Waals surface area (Å²) in [6, 6.07) is 4.87. The average Bonchev–Trinajstić information content (AvgIpc) is 2.83. The minimum absolute atomic E-state index is 0.131. The highest BCUT2D eigenvalue weighted by molar-refractivity contribution is 7.88. The van der Waals surface area contributed by atoms with E-state index in [9.17, 15) is 13.2 Å². The molecule has 0 amide bonds. The van der Waals surface area contributed by atoms with Gasteiger partial charge in [0.15, 0.2) is 11.5 Å². The summed E-state index contributed by atoms with van der Waals surface area (Å²) in [5.41, 5.74) is 0.543. The summed E-state index contributed by atoms with van der Waals surface area (Å²) in [6.45, 7) is -0.254. The molecule has 1 heterocycles. The van der Waals surface area contributed by atoms with E-state index in [1.54, 1.807) is 18.2 Å². The van der Waals surface area contributed by atoms with Crippen LogP contribution in [-0.4, -0.2) is 34.8 Å². The molecule has 1 aromatic rings. The zero-order valence-electron chi connectivity index (χ0n) is 10.2. The van der Waals surface area contributed by atoms with Crippen molar-refractivity contribution < 1.29 is 27.4 Å². The van der Waals surface area contributed by atoms with Crippen LogP contribution >= 0.6 is 0 Å². The second-order valence-corrected chi connectivity index (χ2v) is 5.65. The molecule has 7 nitrogen and oxygen atoms in total. The van der Waals surface area contributed by atoms with Gasteiger partial charge in [0.1, 0.15) is 6.54 Å². The summed E-state index contributed by atoms with van der Waals surface area (Å²) in [6.07, 6.45) is 0. The number of ether oxygens (including phenoxy) is 3. The van der Waals surface area contributed by atoms with E-state index < -0.39 is 16.0 Å². The van der Waals surface area contributed by atoms with Crippen molar-refractivity contribution >= 4 is 16.0 Å². The van der Waals surface area contributed by atoms with Crippen LogP contribution in [-0.2, 0) is 25.3 Å². The third kappa shape index (κ3) is 3.58. The molecule has 1 aliphatic rings. The molecule has 1 aromatic carbocycles. The summed E-state index contributed by atoms with van der Waals surface area (Å²) in [5, 5.41) is 0. The minimum atomic E-state index is -3.60. The third-order valence-corrected chi connectivity index (χ3v) is 3.76. The van der Waals surface area contributed by atoms with Gasteiger partial charge < -0.3 is 14.2 Å². The Kier molecular flexibility index (Phi) is 3.91. The number of benzene rings is 1. The number of hydrogen-bond donors (Lipinski definition) is 1. The number of carbonyl (C=O) groups is 1. The van der Waals surface area contributed by atoms with Crippen LogP contribution in [0.2, 0.25) is 0 Å². The largest absolute Gasteiger partial charge is 0.468 e. The Bertz CT molecular complexity index is 583. The number of methoxy groups -OCH3 is 1. The number of nitrogens with one attached hydrogen (secondary N) is 1. The molecule has 104 valence electrons. The van der Waals surface area contributed by atoms with Gasteiger partial charge in [0.2, 0.25) is 16.8 Å². The molecule has 0 unspecified atom stereocenters. The van der Waals surface area contributed by atoms with Crippen molar-refractivity contribution in [3.63, 3.8) is 0 Å². The fraction of sp³-hybridized carbons (Fsp3) is 0.364. The van der Waals surface area contributed by atoms with Gasteiger partial charge in [-0.15, -0.1) is 0 Å². The predicted octanol–water partition coefficient (Wildman–Crippen LogP) is 0.00770. The summed E-state index contributed by atoms with van der Waals surface area (Å²) in [4.78, 5) is 10.9. The van der Waals surface area contributed by atoms with Crippen molar-refractivity contribution in [1.82, 2.24) is 4.72 Å². The SMILES string of the molecule is COC(=O)CNS(=O)(=O)Cc1ccc2c(c1)OCO2. The van der Waals surface area contributed by atoms with Crippen LogP contribution in [0.25, 0.3) is 0 Å². The highest BCUT2D eigenvalue weighted by atomic mass is 32.2. The van der Waals surface area contributed by atoms with Crippen molar-refractivity contribution in [3.8, 4) is 11.5 Å². The standard InChI is InChI=1S/C11H13NO6S/c1-16-11(13)5-12-19(14,15)6-8-2-3-9-10(4-8)18-7-17-9/h2-4,12H,5-7H2,1H3.